The summed E-state index contributed by atoms with van der Waals surface area (Å²) in [6.45, 7) is 0. The summed E-state index contributed by atoms with van der Waals surface area (Å²) >= 11 is 0. The SMILES string of the molecule is c1ccc(-c2ccc(-c3cccc(-c4nc(-c5ccc(-c6ccccc6)cc5)nc(-c5cccc6oc7c(-c8ccc(-c9ccccc9)cc8)cccc7c56)n4)c3)cc2)cc1. The van der Waals surface area contributed by atoms with Crippen molar-refractivity contribution in [2.24, 2.45) is 0 Å². The molecular weight excluding hydrogens is 743 g/mol. The molecule has 0 radical (unpaired) electrons. The van der Waals surface area contributed by atoms with E-state index in [1.807, 2.05) is 30.3 Å². The van der Waals surface area contributed by atoms with E-state index in [4.69, 9.17) is 19.4 Å². The number of benzene rings is 9. The van der Waals surface area contributed by atoms with Gasteiger partial charge in [0.2, 0.25) is 0 Å². The topological polar surface area (TPSA) is 51.8 Å². The van der Waals surface area contributed by atoms with Crippen molar-refractivity contribution in [3.8, 4) is 89.8 Å². The second-order valence-corrected chi connectivity index (χ2v) is 15.2. The van der Waals surface area contributed by atoms with E-state index in [-0.39, 0.29) is 0 Å². The summed E-state index contributed by atoms with van der Waals surface area (Å²) in [6.07, 6.45) is 0. The standard InChI is InChI=1S/C57H37N3O/c1-4-13-38(14-5-1)41-25-27-44(28-26-41)47-19-10-20-48(37-47)56-58-55(46-35-31-43(32-36-46)40-17-8-3-9-18-40)59-57(60-56)51-23-12-24-52-53(51)50-22-11-21-49(54(50)61-52)45-33-29-42(30-34-45)39-15-6-2-7-16-39/h1-37H. The molecule has 0 fully saturated rings. The van der Waals surface area contributed by atoms with Crippen molar-refractivity contribution in [1.29, 1.82) is 0 Å². The molecule has 0 bridgehead atoms. The first-order chi connectivity index (χ1) is 30.2. The van der Waals surface area contributed by atoms with Crippen molar-refractivity contribution in [3.63, 3.8) is 0 Å². The molecule has 0 N–H and O–H groups in total. The number of hydrogen-bond acceptors (Lipinski definition) is 4. The third-order valence-corrected chi connectivity index (χ3v) is 11.4. The van der Waals surface area contributed by atoms with Gasteiger partial charge in [-0.25, -0.2) is 15.0 Å². The van der Waals surface area contributed by atoms with E-state index in [9.17, 15) is 0 Å². The Bertz CT molecular complexity index is 3300. The molecule has 0 unspecified atom stereocenters. The molecule has 9 aromatic carbocycles. The summed E-state index contributed by atoms with van der Waals surface area (Å²) in [5, 5.41) is 1.97. The van der Waals surface area contributed by atoms with Crippen molar-refractivity contribution >= 4 is 21.9 Å². The van der Waals surface area contributed by atoms with Gasteiger partial charge in [-0.2, -0.15) is 0 Å². The summed E-state index contributed by atoms with van der Waals surface area (Å²) < 4.78 is 6.73. The van der Waals surface area contributed by atoms with Gasteiger partial charge in [0.1, 0.15) is 11.2 Å². The Morgan fingerprint density at radius 3 is 1.23 bits per heavy atom. The molecule has 2 aromatic heterocycles. The van der Waals surface area contributed by atoms with Crippen molar-refractivity contribution < 1.29 is 4.42 Å². The van der Waals surface area contributed by atoms with Crippen LogP contribution in [-0.4, -0.2) is 15.0 Å². The van der Waals surface area contributed by atoms with E-state index in [0.29, 0.717) is 17.5 Å². The Balaban J connectivity index is 1.03. The molecule has 2 heterocycles. The smallest absolute Gasteiger partial charge is 0.164 e. The van der Waals surface area contributed by atoms with E-state index in [1.165, 1.54) is 22.3 Å². The minimum atomic E-state index is 0.579. The van der Waals surface area contributed by atoms with Gasteiger partial charge in [-0.15, -0.1) is 0 Å². The number of rotatable bonds is 8. The van der Waals surface area contributed by atoms with Crippen LogP contribution in [0.25, 0.3) is 112 Å². The van der Waals surface area contributed by atoms with Gasteiger partial charge < -0.3 is 4.42 Å². The van der Waals surface area contributed by atoms with Crippen LogP contribution in [0.15, 0.2) is 229 Å². The molecule has 0 aliphatic carbocycles. The number of furan rings is 1. The summed E-state index contributed by atoms with van der Waals surface area (Å²) in [4.78, 5) is 15.6. The molecule has 4 heteroatoms. The maximum atomic E-state index is 6.73. The van der Waals surface area contributed by atoms with Crippen molar-refractivity contribution in [2.45, 2.75) is 0 Å². The highest BCUT2D eigenvalue weighted by atomic mass is 16.3. The Hall–Kier alpha value is -8.21. The Labute approximate surface area is 354 Å². The van der Waals surface area contributed by atoms with Gasteiger partial charge in [-0.3, -0.25) is 0 Å². The molecule has 286 valence electrons. The molecule has 0 spiro atoms. The molecular formula is C57H37N3O. The van der Waals surface area contributed by atoms with E-state index >= 15 is 0 Å². The van der Waals surface area contributed by atoms with E-state index < -0.39 is 0 Å². The van der Waals surface area contributed by atoms with Gasteiger partial charge in [0.05, 0.1) is 0 Å². The second kappa shape index (κ2) is 15.5. The summed E-state index contributed by atoms with van der Waals surface area (Å²) in [5.74, 6) is 1.77. The van der Waals surface area contributed by atoms with Gasteiger partial charge in [0, 0.05) is 33.0 Å². The van der Waals surface area contributed by atoms with Gasteiger partial charge in [-0.05, 0) is 62.2 Å². The Kier molecular flexibility index (Phi) is 9.14. The van der Waals surface area contributed by atoms with Crippen molar-refractivity contribution in [3.05, 3.63) is 224 Å². The van der Waals surface area contributed by atoms with Crippen LogP contribution in [0.1, 0.15) is 0 Å². The van der Waals surface area contributed by atoms with Crippen LogP contribution in [-0.2, 0) is 0 Å². The normalized spacial score (nSPS) is 11.3. The van der Waals surface area contributed by atoms with Crippen LogP contribution in [0, 0.1) is 0 Å². The van der Waals surface area contributed by atoms with Crippen LogP contribution < -0.4 is 0 Å². The summed E-state index contributed by atoms with van der Waals surface area (Å²) in [5.41, 5.74) is 15.6. The van der Waals surface area contributed by atoms with E-state index in [0.717, 1.165) is 72.0 Å². The molecule has 0 aliphatic rings. The average molecular weight is 780 g/mol. The number of hydrogen-bond donors (Lipinski definition) is 0. The first kappa shape index (κ1) is 35.9. The van der Waals surface area contributed by atoms with Gasteiger partial charge in [0.15, 0.2) is 17.5 Å². The predicted molar refractivity (Wildman–Crippen MR) is 251 cm³/mol. The molecule has 0 amide bonds. The molecule has 11 rings (SSSR count). The fourth-order valence-corrected chi connectivity index (χ4v) is 8.25. The molecule has 11 aromatic rings. The molecule has 0 aliphatic heterocycles. The molecule has 0 atom stereocenters. The highest BCUT2D eigenvalue weighted by molar-refractivity contribution is 6.15. The quantitative estimate of drug-likeness (QED) is 0.154. The van der Waals surface area contributed by atoms with Crippen LogP contribution in [0.5, 0.6) is 0 Å². The molecule has 0 saturated heterocycles. The zero-order chi connectivity index (χ0) is 40.5. The number of para-hydroxylation sites is 1. The maximum Gasteiger partial charge on any atom is 0.164 e. The second-order valence-electron chi connectivity index (χ2n) is 15.2. The lowest BCUT2D eigenvalue weighted by Crippen LogP contribution is -2.00. The third-order valence-electron chi connectivity index (χ3n) is 11.4. The first-order valence-electron chi connectivity index (χ1n) is 20.5. The predicted octanol–water partition coefficient (Wildman–Crippen LogP) is 15.1. The molecule has 4 nitrogen and oxygen atoms in total. The lowest BCUT2D eigenvalue weighted by atomic mass is 9.98. The maximum absolute atomic E-state index is 6.73. The third kappa shape index (κ3) is 6.96. The number of aromatic nitrogens is 3. The zero-order valence-corrected chi connectivity index (χ0v) is 33.1. The zero-order valence-electron chi connectivity index (χ0n) is 33.1. The fraction of sp³-hybridized carbons (Fsp3) is 0. The van der Waals surface area contributed by atoms with Crippen LogP contribution in [0.2, 0.25) is 0 Å². The van der Waals surface area contributed by atoms with Gasteiger partial charge >= 0.3 is 0 Å². The number of nitrogens with zero attached hydrogens (tertiary/aromatic N) is 3. The Morgan fingerprint density at radius 1 is 0.262 bits per heavy atom. The monoisotopic (exact) mass is 779 g/mol. The lowest BCUT2D eigenvalue weighted by Gasteiger charge is -2.11. The highest BCUT2D eigenvalue weighted by Crippen LogP contribution is 2.41. The van der Waals surface area contributed by atoms with E-state index in [2.05, 4.69) is 194 Å². The van der Waals surface area contributed by atoms with Crippen molar-refractivity contribution in [1.82, 2.24) is 15.0 Å². The summed E-state index contributed by atoms with van der Waals surface area (Å²) in [6, 6.07) is 78.1. The van der Waals surface area contributed by atoms with Gasteiger partial charge in [0.25, 0.3) is 0 Å². The fourth-order valence-electron chi connectivity index (χ4n) is 8.25. The Morgan fingerprint density at radius 2 is 0.656 bits per heavy atom. The van der Waals surface area contributed by atoms with Crippen LogP contribution >= 0.6 is 0 Å². The first-order valence-corrected chi connectivity index (χ1v) is 20.5. The van der Waals surface area contributed by atoms with Crippen LogP contribution in [0.3, 0.4) is 0 Å². The van der Waals surface area contributed by atoms with E-state index in [1.54, 1.807) is 0 Å². The van der Waals surface area contributed by atoms with Crippen LogP contribution in [0.4, 0.5) is 0 Å². The lowest BCUT2D eigenvalue weighted by molar-refractivity contribution is 0.670. The minimum Gasteiger partial charge on any atom is -0.455 e. The van der Waals surface area contributed by atoms with Gasteiger partial charge in [-0.1, -0.05) is 212 Å². The average Bonchev–Trinajstić information content (AvgIpc) is 3.74. The molecule has 0 saturated carbocycles. The highest BCUT2D eigenvalue weighted by Gasteiger charge is 2.20. The molecule has 61 heavy (non-hydrogen) atoms. The van der Waals surface area contributed by atoms with Crippen molar-refractivity contribution in [2.75, 3.05) is 0 Å². The summed E-state index contributed by atoms with van der Waals surface area (Å²) in [7, 11) is 0. The minimum absolute atomic E-state index is 0.579. The largest absolute Gasteiger partial charge is 0.455 e. The number of fused-ring (bicyclic) bond motifs is 3.